The van der Waals surface area contributed by atoms with Crippen molar-refractivity contribution in [1.29, 1.82) is 0 Å². The molecule has 1 atom stereocenters. The molecule has 0 bridgehead atoms. The maximum Gasteiger partial charge on any atom is 0.422 e. The van der Waals surface area contributed by atoms with Gasteiger partial charge in [-0.25, -0.2) is 0 Å². The molecule has 5 N–H and O–H groups in total. The maximum atomic E-state index is 13.0. The lowest BCUT2D eigenvalue weighted by Gasteiger charge is -2.25. The number of ketones is 1. The van der Waals surface area contributed by atoms with Gasteiger partial charge in [-0.2, -0.15) is 28.1 Å². The Hall–Kier alpha value is -5.97. The Balaban J connectivity index is 1.02. The highest BCUT2D eigenvalue weighted by molar-refractivity contribution is 6.39. The second-order valence-electron chi connectivity index (χ2n) is 14.3. The molecule has 3 aromatic carbocycles. The van der Waals surface area contributed by atoms with Gasteiger partial charge in [0.2, 0.25) is 11.9 Å². The van der Waals surface area contributed by atoms with Crippen molar-refractivity contribution in [3.63, 3.8) is 0 Å². The second-order valence-corrected chi connectivity index (χ2v) is 14.8. The Morgan fingerprint density at radius 1 is 0.893 bits per heavy atom. The number of fused-ring (bicyclic) bond motifs is 1. The molecule has 0 saturated heterocycles. The summed E-state index contributed by atoms with van der Waals surface area (Å²) in [7, 11) is 0. The van der Waals surface area contributed by atoms with E-state index in [2.05, 4.69) is 41.5 Å². The number of amides is 3. The van der Waals surface area contributed by atoms with Gasteiger partial charge in [-0.15, -0.1) is 0 Å². The monoisotopic (exact) mass is 794 g/mol. The average Bonchev–Trinajstić information content (AvgIpc) is 3.92. The molecular formula is C38H38ClF3N8O6. The van der Waals surface area contributed by atoms with E-state index >= 15 is 0 Å². The standard InChI is InChI=1S/C38H38ClF3N8O6/c1-21-16-28(51)27-13-12-26(17-29(27)56-21)45-32(54)31(53)44-19-36(2,3)18-43-30(52)22-4-10-25(11-5-22)46-33-47-34(49-35(48-33)55-20-38(40,41)42)50-37(14-15-37)23-6-8-24(39)9-7-23/h4-13,17,21H,14-16,18-20H2,1-3H3,(H,43,52)(H,44,53)(H,45,54)(H2,46,47,48,49,50). The van der Waals surface area contributed by atoms with E-state index in [9.17, 15) is 32.3 Å². The first-order chi connectivity index (χ1) is 26.5. The van der Waals surface area contributed by atoms with Crippen LogP contribution in [0, 0.1) is 5.41 Å². The third kappa shape index (κ3) is 10.4. The van der Waals surface area contributed by atoms with Gasteiger partial charge in [0.15, 0.2) is 12.4 Å². The predicted molar refractivity (Wildman–Crippen MR) is 200 cm³/mol. The van der Waals surface area contributed by atoms with Crippen molar-refractivity contribution in [2.75, 3.05) is 35.6 Å². The van der Waals surface area contributed by atoms with Gasteiger partial charge in [0.1, 0.15) is 11.9 Å². The van der Waals surface area contributed by atoms with Crippen LogP contribution in [-0.2, 0) is 15.1 Å². The van der Waals surface area contributed by atoms with E-state index in [4.69, 9.17) is 21.1 Å². The summed E-state index contributed by atoms with van der Waals surface area (Å²) >= 11 is 6.04. The molecule has 6 rings (SSSR count). The molecule has 294 valence electrons. The minimum atomic E-state index is -4.62. The molecule has 18 heteroatoms. The number of Topliss-reactive ketones (excluding diaryl/α,β-unsaturated/α-hetero) is 1. The van der Waals surface area contributed by atoms with Crippen LogP contribution in [0.2, 0.25) is 5.02 Å². The summed E-state index contributed by atoms with van der Waals surface area (Å²) in [6.07, 6.45) is -3.20. The van der Waals surface area contributed by atoms with Crippen LogP contribution in [0.5, 0.6) is 11.8 Å². The number of anilines is 4. The van der Waals surface area contributed by atoms with Crippen LogP contribution in [0.4, 0.5) is 36.4 Å². The van der Waals surface area contributed by atoms with Crippen molar-refractivity contribution in [1.82, 2.24) is 25.6 Å². The van der Waals surface area contributed by atoms with Crippen LogP contribution in [0.25, 0.3) is 0 Å². The number of nitrogens with zero attached hydrogens (tertiary/aromatic N) is 3. The Kier molecular flexibility index (Phi) is 11.4. The van der Waals surface area contributed by atoms with E-state index in [1.165, 1.54) is 24.3 Å². The minimum absolute atomic E-state index is 0.000456. The number of hydrogen-bond donors (Lipinski definition) is 5. The molecule has 1 saturated carbocycles. The van der Waals surface area contributed by atoms with Gasteiger partial charge in [0.05, 0.1) is 11.1 Å². The van der Waals surface area contributed by atoms with Gasteiger partial charge in [-0.3, -0.25) is 19.2 Å². The fourth-order valence-electron chi connectivity index (χ4n) is 5.74. The van der Waals surface area contributed by atoms with Crippen molar-refractivity contribution in [2.45, 2.75) is 57.9 Å². The molecule has 1 aliphatic carbocycles. The number of ether oxygens (including phenoxy) is 2. The summed E-state index contributed by atoms with van der Waals surface area (Å²) in [5.74, 6) is -2.03. The largest absolute Gasteiger partial charge is 0.489 e. The lowest BCUT2D eigenvalue weighted by atomic mass is 9.93. The first-order valence-corrected chi connectivity index (χ1v) is 17.9. The predicted octanol–water partition coefficient (Wildman–Crippen LogP) is 6.18. The molecular weight excluding hydrogens is 757 g/mol. The van der Waals surface area contributed by atoms with E-state index in [1.807, 2.05) is 12.1 Å². The Labute approximate surface area is 324 Å². The average molecular weight is 795 g/mol. The first-order valence-electron chi connectivity index (χ1n) is 17.5. The van der Waals surface area contributed by atoms with Crippen LogP contribution in [0.3, 0.4) is 0 Å². The molecule has 14 nitrogen and oxygen atoms in total. The van der Waals surface area contributed by atoms with E-state index < -0.39 is 47.5 Å². The zero-order valence-electron chi connectivity index (χ0n) is 30.5. The van der Waals surface area contributed by atoms with Crippen molar-refractivity contribution in [3.05, 3.63) is 88.4 Å². The number of aromatic nitrogens is 3. The van der Waals surface area contributed by atoms with Crippen LogP contribution >= 0.6 is 11.6 Å². The minimum Gasteiger partial charge on any atom is -0.489 e. The highest BCUT2D eigenvalue weighted by Crippen LogP contribution is 2.48. The normalized spacial score (nSPS) is 15.8. The van der Waals surface area contributed by atoms with Crippen LogP contribution in [-0.4, -0.2) is 70.4 Å². The van der Waals surface area contributed by atoms with Crippen LogP contribution in [0.1, 0.15) is 66.3 Å². The second kappa shape index (κ2) is 16.0. The van der Waals surface area contributed by atoms with Crippen molar-refractivity contribution < 1.29 is 41.8 Å². The summed E-state index contributed by atoms with van der Waals surface area (Å²) in [5, 5.41) is 14.6. The SMILES string of the molecule is CC1CC(=O)c2ccc(NC(=O)C(=O)NCC(C)(C)CNC(=O)c3ccc(Nc4nc(NC5(c6ccc(Cl)cc6)CC5)nc(OCC(F)(F)F)n4)cc3)cc2O1. The topological polar surface area (TPSA) is 186 Å². The summed E-state index contributed by atoms with van der Waals surface area (Å²) < 4.78 is 49.4. The van der Waals surface area contributed by atoms with Crippen LogP contribution in [0.15, 0.2) is 66.7 Å². The Morgan fingerprint density at radius 2 is 1.55 bits per heavy atom. The summed E-state index contributed by atoms with van der Waals surface area (Å²) in [5.41, 5.74) is 1.15. The number of alkyl halides is 3. The molecule has 1 unspecified atom stereocenters. The number of nitrogens with one attached hydrogen (secondary N) is 5. The van der Waals surface area contributed by atoms with E-state index in [-0.39, 0.29) is 43.3 Å². The summed E-state index contributed by atoms with van der Waals surface area (Å²) in [4.78, 5) is 62.8. The van der Waals surface area contributed by atoms with Crippen LogP contribution < -0.4 is 36.1 Å². The molecule has 1 aromatic heterocycles. The Bertz CT molecular complexity index is 2130. The first kappa shape index (κ1) is 39.7. The summed E-state index contributed by atoms with van der Waals surface area (Å²) in [6, 6.07) is 17.4. The fraction of sp³-hybridized carbons (Fsp3) is 0.342. The lowest BCUT2D eigenvalue weighted by Crippen LogP contribution is -2.45. The molecule has 0 radical (unpaired) electrons. The highest BCUT2D eigenvalue weighted by atomic mass is 35.5. The van der Waals surface area contributed by atoms with Gasteiger partial charge in [-0.05, 0) is 79.3 Å². The molecule has 0 spiro atoms. The molecule has 3 amide bonds. The zero-order chi connectivity index (χ0) is 40.3. The van der Waals surface area contributed by atoms with Crippen molar-refractivity contribution in [3.8, 4) is 11.8 Å². The molecule has 4 aromatic rings. The number of halogens is 4. The number of carbonyl (C=O) groups is 4. The Morgan fingerprint density at radius 3 is 2.23 bits per heavy atom. The van der Waals surface area contributed by atoms with E-state index in [0.717, 1.165) is 18.4 Å². The van der Waals surface area contributed by atoms with E-state index in [0.29, 0.717) is 33.3 Å². The third-order valence-electron chi connectivity index (χ3n) is 8.88. The molecule has 2 aliphatic rings. The van der Waals surface area contributed by atoms with Gasteiger partial charge < -0.3 is 36.1 Å². The van der Waals surface area contributed by atoms with Gasteiger partial charge in [-0.1, -0.05) is 37.6 Å². The van der Waals surface area contributed by atoms with Gasteiger partial charge in [0.25, 0.3) is 5.91 Å². The fourth-order valence-corrected chi connectivity index (χ4v) is 5.86. The quantitative estimate of drug-likeness (QED) is 0.0975. The maximum absolute atomic E-state index is 13.0. The molecule has 1 aliphatic heterocycles. The molecule has 1 fully saturated rings. The molecule has 2 heterocycles. The zero-order valence-corrected chi connectivity index (χ0v) is 31.2. The number of hydrogen-bond acceptors (Lipinski definition) is 11. The summed E-state index contributed by atoms with van der Waals surface area (Å²) in [6.45, 7) is 3.95. The van der Waals surface area contributed by atoms with Crippen molar-refractivity contribution in [2.24, 2.45) is 5.41 Å². The van der Waals surface area contributed by atoms with Gasteiger partial charge >= 0.3 is 24.0 Å². The highest BCUT2D eigenvalue weighted by Gasteiger charge is 2.45. The number of benzene rings is 3. The van der Waals surface area contributed by atoms with Crippen molar-refractivity contribution >= 4 is 58.4 Å². The van der Waals surface area contributed by atoms with E-state index in [1.54, 1.807) is 51.1 Å². The number of rotatable bonds is 13. The number of carbonyl (C=O) groups excluding carboxylic acids is 4. The smallest absolute Gasteiger partial charge is 0.422 e. The third-order valence-corrected chi connectivity index (χ3v) is 9.14. The lowest BCUT2D eigenvalue weighted by molar-refractivity contribution is -0.154. The molecule has 56 heavy (non-hydrogen) atoms. The van der Waals surface area contributed by atoms with Gasteiger partial charge in [0, 0.05) is 47.5 Å².